The van der Waals surface area contributed by atoms with Gasteiger partial charge in [0.25, 0.3) is 0 Å². The van der Waals surface area contributed by atoms with Gasteiger partial charge in [-0.25, -0.2) is 5.48 Å². The van der Waals surface area contributed by atoms with Gasteiger partial charge in [0.05, 0.1) is 6.42 Å². The summed E-state index contributed by atoms with van der Waals surface area (Å²) in [4.78, 5) is 20.7. The van der Waals surface area contributed by atoms with Crippen molar-refractivity contribution in [3.05, 3.63) is 0 Å². The van der Waals surface area contributed by atoms with E-state index in [9.17, 15) is 9.59 Å². The number of carbonyl (C=O) groups excluding carboxylic acids is 1. The molecule has 0 atom stereocenters. The summed E-state index contributed by atoms with van der Waals surface area (Å²) in [5.74, 6) is -1.61. The summed E-state index contributed by atoms with van der Waals surface area (Å²) < 4.78 is 0. The zero-order chi connectivity index (χ0) is 9.56. The average Bonchev–Trinajstić information content (AvgIpc) is 2.00. The number of carboxylic acids is 1. The Morgan fingerprint density at radius 2 is 1.92 bits per heavy atom. The zero-order valence-corrected chi connectivity index (χ0v) is 6.85. The minimum absolute atomic E-state index is 0.169. The molecule has 0 saturated heterocycles. The molecule has 1 amide bonds. The highest BCUT2D eigenvalue weighted by atomic mass is 32.1. The summed E-state index contributed by atoms with van der Waals surface area (Å²) in [7, 11) is 0. The van der Waals surface area contributed by atoms with Crippen molar-refractivity contribution >= 4 is 29.2 Å². The fourth-order valence-corrected chi connectivity index (χ4v) is 0.551. The van der Waals surface area contributed by atoms with Crippen LogP contribution >= 0.6 is 12.2 Å². The van der Waals surface area contributed by atoms with E-state index < -0.39 is 11.9 Å². The topological polar surface area (TPSA) is 98.7 Å². The van der Waals surface area contributed by atoms with Crippen molar-refractivity contribution in [2.45, 2.75) is 12.8 Å². The van der Waals surface area contributed by atoms with Crippen molar-refractivity contribution in [1.82, 2.24) is 10.8 Å². The Kier molecular flexibility index (Phi) is 4.89. The molecule has 0 aliphatic heterocycles. The zero-order valence-electron chi connectivity index (χ0n) is 6.03. The van der Waals surface area contributed by atoms with Crippen LogP contribution in [0.25, 0.3) is 0 Å². The van der Waals surface area contributed by atoms with Crippen molar-refractivity contribution in [1.29, 1.82) is 0 Å². The SMILES string of the molecule is O=C(O)CCC(=O)NC(=S)NO. The fourth-order valence-electron chi connectivity index (χ4n) is 0.438. The highest BCUT2D eigenvalue weighted by Crippen LogP contribution is 1.87. The van der Waals surface area contributed by atoms with Crippen LogP contribution < -0.4 is 10.8 Å². The lowest BCUT2D eigenvalue weighted by Gasteiger charge is -2.02. The van der Waals surface area contributed by atoms with E-state index in [1.165, 1.54) is 5.48 Å². The van der Waals surface area contributed by atoms with E-state index in [1.807, 2.05) is 0 Å². The lowest BCUT2D eigenvalue weighted by molar-refractivity contribution is -0.138. The van der Waals surface area contributed by atoms with Crippen molar-refractivity contribution in [3.63, 3.8) is 0 Å². The van der Waals surface area contributed by atoms with E-state index in [0.29, 0.717) is 0 Å². The monoisotopic (exact) mass is 192 g/mol. The minimum atomic E-state index is -1.06. The quantitative estimate of drug-likeness (QED) is 0.346. The molecule has 68 valence electrons. The highest BCUT2D eigenvalue weighted by molar-refractivity contribution is 7.80. The number of rotatable bonds is 3. The Morgan fingerprint density at radius 1 is 1.33 bits per heavy atom. The maximum absolute atomic E-state index is 10.7. The van der Waals surface area contributed by atoms with E-state index in [4.69, 9.17) is 10.3 Å². The lowest BCUT2D eigenvalue weighted by atomic mass is 10.3. The summed E-state index contributed by atoms with van der Waals surface area (Å²) >= 11 is 4.37. The van der Waals surface area contributed by atoms with Crippen LogP contribution in [-0.4, -0.2) is 27.3 Å². The molecule has 0 spiro atoms. The van der Waals surface area contributed by atoms with Gasteiger partial charge in [0, 0.05) is 6.42 Å². The van der Waals surface area contributed by atoms with Gasteiger partial charge in [-0.1, -0.05) is 0 Å². The normalized spacial score (nSPS) is 8.75. The minimum Gasteiger partial charge on any atom is -0.481 e. The third-order valence-electron chi connectivity index (χ3n) is 0.920. The first-order chi connectivity index (χ1) is 5.56. The third-order valence-corrected chi connectivity index (χ3v) is 1.11. The number of carboxylic acid groups (broad SMARTS) is 1. The van der Waals surface area contributed by atoms with Crippen LogP contribution in [0.4, 0.5) is 0 Å². The maximum atomic E-state index is 10.7. The molecule has 0 bridgehead atoms. The molecule has 0 aromatic carbocycles. The Hall–Kier alpha value is -1.21. The summed E-state index contributed by atoms with van der Waals surface area (Å²) in [6.07, 6.45) is -0.434. The van der Waals surface area contributed by atoms with Crippen LogP contribution in [0, 0.1) is 0 Å². The van der Waals surface area contributed by atoms with Gasteiger partial charge in [-0.3, -0.25) is 14.8 Å². The third kappa shape index (κ3) is 5.57. The molecule has 12 heavy (non-hydrogen) atoms. The van der Waals surface area contributed by atoms with Crippen LogP contribution in [-0.2, 0) is 9.59 Å². The fraction of sp³-hybridized carbons (Fsp3) is 0.400. The number of hydrogen-bond acceptors (Lipinski definition) is 4. The van der Waals surface area contributed by atoms with Gasteiger partial charge >= 0.3 is 5.97 Å². The molecule has 6 nitrogen and oxygen atoms in total. The molecular weight excluding hydrogens is 184 g/mol. The maximum Gasteiger partial charge on any atom is 0.303 e. The van der Waals surface area contributed by atoms with E-state index in [-0.39, 0.29) is 18.0 Å². The number of amides is 1. The number of hydroxylamine groups is 1. The molecule has 0 aromatic rings. The van der Waals surface area contributed by atoms with Crippen molar-refractivity contribution in [2.75, 3.05) is 0 Å². The van der Waals surface area contributed by atoms with Crippen molar-refractivity contribution < 1.29 is 19.9 Å². The Bertz CT molecular complexity index is 206. The second-order valence-electron chi connectivity index (χ2n) is 1.88. The first-order valence-corrected chi connectivity index (χ1v) is 3.42. The predicted octanol–water partition coefficient (Wildman–Crippen LogP) is -0.769. The van der Waals surface area contributed by atoms with Gasteiger partial charge in [0.15, 0.2) is 5.11 Å². The molecular formula is C5H8N2O4S. The van der Waals surface area contributed by atoms with Gasteiger partial charge in [-0.15, -0.1) is 0 Å². The number of thiocarbonyl (C=S) groups is 1. The number of nitrogens with one attached hydrogen (secondary N) is 2. The number of carbonyl (C=O) groups is 2. The van der Waals surface area contributed by atoms with Crippen molar-refractivity contribution in [2.24, 2.45) is 0 Å². The molecule has 4 N–H and O–H groups in total. The Balaban J connectivity index is 3.60. The smallest absolute Gasteiger partial charge is 0.303 e. The van der Waals surface area contributed by atoms with Gasteiger partial charge < -0.3 is 10.4 Å². The molecule has 7 heteroatoms. The number of hydrogen-bond donors (Lipinski definition) is 4. The molecule has 0 rings (SSSR count). The average molecular weight is 192 g/mol. The standard InChI is InChI=1S/C5H8N2O4S/c8-3(1-2-4(9)10)6-5(12)7-11/h11H,1-2H2,(H,9,10)(H2,6,7,8,12). The predicted molar refractivity (Wildman–Crippen MR) is 42.5 cm³/mol. The van der Waals surface area contributed by atoms with E-state index in [0.717, 1.165) is 0 Å². The van der Waals surface area contributed by atoms with Crippen LogP contribution in [0.15, 0.2) is 0 Å². The van der Waals surface area contributed by atoms with Crippen LogP contribution in [0.3, 0.4) is 0 Å². The Labute approximate surface area is 73.5 Å². The Morgan fingerprint density at radius 3 is 2.33 bits per heavy atom. The largest absolute Gasteiger partial charge is 0.481 e. The summed E-state index contributed by atoms with van der Waals surface area (Å²) in [5.41, 5.74) is 1.54. The molecule has 0 unspecified atom stereocenters. The molecule has 0 radical (unpaired) electrons. The number of aliphatic carboxylic acids is 1. The van der Waals surface area contributed by atoms with Gasteiger partial charge in [0.1, 0.15) is 0 Å². The molecule has 0 heterocycles. The summed E-state index contributed by atoms with van der Waals surface area (Å²) in [5, 5.41) is 18.1. The van der Waals surface area contributed by atoms with E-state index in [2.05, 4.69) is 17.5 Å². The molecule has 0 aromatic heterocycles. The summed E-state index contributed by atoms with van der Waals surface area (Å²) in [6.45, 7) is 0. The van der Waals surface area contributed by atoms with Crippen molar-refractivity contribution in [3.8, 4) is 0 Å². The second kappa shape index (κ2) is 5.44. The van der Waals surface area contributed by atoms with Gasteiger partial charge in [-0.2, -0.15) is 0 Å². The molecule has 0 aliphatic rings. The van der Waals surface area contributed by atoms with Crippen LogP contribution in [0.5, 0.6) is 0 Å². The summed E-state index contributed by atoms with van der Waals surface area (Å²) in [6, 6.07) is 0. The van der Waals surface area contributed by atoms with E-state index >= 15 is 0 Å². The van der Waals surface area contributed by atoms with Crippen LogP contribution in [0.1, 0.15) is 12.8 Å². The lowest BCUT2D eigenvalue weighted by Crippen LogP contribution is -2.37. The van der Waals surface area contributed by atoms with Gasteiger partial charge in [-0.05, 0) is 12.2 Å². The van der Waals surface area contributed by atoms with E-state index in [1.54, 1.807) is 0 Å². The second-order valence-corrected chi connectivity index (χ2v) is 2.29. The molecule has 0 saturated carbocycles. The van der Waals surface area contributed by atoms with Crippen LogP contribution in [0.2, 0.25) is 0 Å². The first-order valence-electron chi connectivity index (χ1n) is 3.02. The molecule has 0 fully saturated rings. The molecule has 0 aliphatic carbocycles. The highest BCUT2D eigenvalue weighted by Gasteiger charge is 2.05. The first kappa shape index (κ1) is 10.8. The van der Waals surface area contributed by atoms with Gasteiger partial charge in [0.2, 0.25) is 5.91 Å².